The fourth-order valence-electron chi connectivity index (χ4n) is 3.44. The first-order valence-corrected chi connectivity index (χ1v) is 10.9. The first kappa shape index (κ1) is 19.6. The van der Waals surface area contributed by atoms with Crippen molar-refractivity contribution in [3.8, 4) is 0 Å². The molecule has 0 saturated carbocycles. The van der Waals surface area contributed by atoms with Gasteiger partial charge in [-0.2, -0.15) is 4.31 Å². The third kappa shape index (κ3) is 4.17. The van der Waals surface area contributed by atoms with Crippen molar-refractivity contribution in [3.63, 3.8) is 0 Å². The van der Waals surface area contributed by atoms with Gasteiger partial charge in [0.2, 0.25) is 10.0 Å². The van der Waals surface area contributed by atoms with Crippen LogP contribution in [0.25, 0.3) is 10.8 Å². The van der Waals surface area contributed by atoms with Gasteiger partial charge in [0.05, 0.1) is 18.1 Å². The van der Waals surface area contributed by atoms with Gasteiger partial charge in [0.15, 0.2) is 0 Å². The van der Waals surface area contributed by atoms with Crippen LogP contribution in [0.15, 0.2) is 71.6 Å². The molecule has 29 heavy (non-hydrogen) atoms. The zero-order valence-corrected chi connectivity index (χ0v) is 16.7. The monoisotopic (exact) mass is 410 g/mol. The number of hydrogen-bond acceptors (Lipinski definition) is 4. The lowest BCUT2D eigenvalue weighted by molar-refractivity contribution is 0.0730. The predicted octanol–water partition coefficient (Wildman–Crippen LogP) is 2.79. The van der Waals surface area contributed by atoms with E-state index in [1.54, 1.807) is 12.1 Å². The Morgan fingerprint density at radius 1 is 0.931 bits per heavy atom. The molecule has 6 nitrogen and oxygen atoms in total. The molecule has 150 valence electrons. The second kappa shape index (κ2) is 8.32. The molecule has 1 heterocycles. The molecule has 1 saturated heterocycles. The smallest absolute Gasteiger partial charge is 0.251 e. The number of carbonyl (C=O) groups is 1. The molecule has 7 heteroatoms. The Morgan fingerprint density at radius 2 is 1.62 bits per heavy atom. The topological polar surface area (TPSA) is 75.7 Å². The van der Waals surface area contributed by atoms with Crippen molar-refractivity contribution in [3.05, 3.63) is 77.9 Å². The van der Waals surface area contributed by atoms with E-state index in [0.29, 0.717) is 38.4 Å². The van der Waals surface area contributed by atoms with Crippen molar-refractivity contribution in [2.75, 3.05) is 26.3 Å². The molecule has 0 aromatic heterocycles. The van der Waals surface area contributed by atoms with Crippen LogP contribution in [0.3, 0.4) is 0 Å². The Bertz CT molecular complexity index is 1120. The Labute approximate surface area is 170 Å². The van der Waals surface area contributed by atoms with Gasteiger partial charge in [-0.1, -0.05) is 42.5 Å². The highest BCUT2D eigenvalue weighted by molar-refractivity contribution is 7.89. The SMILES string of the molecule is O=C(NCc1cccc2ccccc12)c1ccc(S(=O)(=O)N2CCOCC2)cc1. The molecule has 1 aliphatic rings. The molecule has 1 amide bonds. The summed E-state index contributed by atoms with van der Waals surface area (Å²) in [5, 5.41) is 5.14. The number of morpholine rings is 1. The second-order valence-electron chi connectivity index (χ2n) is 6.86. The zero-order valence-electron chi connectivity index (χ0n) is 15.9. The van der Waals surface area contributed by atoms with Gasteiger partial charge >= 0.3 is 0 Å². The Balaban J connectivity index is 1.45. The summed E-state index contributed by atoms with van der Waals surface area (Å²) < 4.78 is 32.0. The molecule has 0 aliphatic carbocycles. The van der Waals surface area contributed by atoms with Gasteiger partial charge in [-0.15, -0.1) is 0 Å². The molecule has 1 aliphatic heterocycles. The normalized spacial score (nSPS) is 15.3. The number of fused-ring (bicyclic) bond motifs is 1. The number of nitrogens with zero attached hydrogens (tertiary/aromatic N) is 1. The number of ether oxygens (including phenoxy) is 1. The summed E-state index contributed by atoms with van der Waals surface area (Å²) in [4.78, 5) is 12.7. The van der Waals surface area contributed by atoms with Crippen LogP contribution in [-0.4, -0.2) is 44.9 Å². The highest BCUT2D eigenvalue weighted by Crippen LogP contribution is 2.19. The predicted molar refractivity (Wildman–Crippen MR) is 111 cm³/mol. The van der Waals surface area contributed by atoms with Gasteiger partial charge in [0.25, 0.3) is 5.91 Å². The molecular formula is C22H22N2O4S. The van der Waals surface area contributed by atoms with Crippen molar-refractivity contribution in [2.24, 2.45) is 0 Å². The lowest BCUT2D eigenvalue weighted by Crippen LogP contribution is -2.40. The molecule has 4 rings (SSSR count). The molecule has 3 aromatic carbocycles. The van der Waals surface area contributed by atoms with E-state index in [4.69, 9.17) is 4.74 Å². The molecule has 0 atom stereocenters. The Hall–Kier alpha value is -2.74. The number of rotatable bonds is 5. The van der Waals surface area contributed by atoms with Crippen LogP contribution in [0.4, 0.5) is 0 Å². The first-order chi connectivity index (χ1) is 14.1. The minimum Gasteiger partial charge on any atom is -0.379 e. The average molecular weight is 410 g/mol. The maximum Gasteiger partial charge on any atom is 0.251 e. The van der Waals surface area contributed by atoms with E-state index >= 15 is 0 Å². The molecule has 1 fully saturated rings. The quantitative estimate of drug-likeness (QED) is 0.702. The Morgan fingerprint density at radius 3 is 2.38 bits per heavy atom. The summed E-state index contributed by atoms with van der Waals surface area (Å²) in [6.45, 7) is 1.88. The van der Waals surface area contributed by atoms with Crippen LogP contribution in [0.5, 0.6) is 0 Å². The minimum absolute atomic E-state index is 0.185. The summed E-state index contributed by atoms with van der Waals surface area (Å²) >= 11 is 0. The molecule has 0 spiro atoms. The minimum atomic E-state index is -3.56. The van der Waals surface area contributed by atoms with Crippen molar-refractivity contribution < 1.29 is 17.9 Å². The van der Waals surface area contributed by atoms with Gasteiger partial charge < -0.3 is 10.1 Å². The molecule has 0 radical (unpaired) electrons. The molecule has 0 bridgehead atoms. The van der Waals surface area contributed by atoms with E-state index in [1.165, 1.54) is 16.4 Å². The lowest BCUT2D eigenvalue weighted by atomic mass is 10.0. The van der Waals surface area contributed by atoms with E-state index in [0.717, 1.165) is 16.3 Å². The third-order valence-corrected chi connectivity index (χ3v) is 6.96. The number of amides is 1. The summed E-state index contributed by atoms with van der Waals surface area (Å²) in [5.74, 6) is -0.242. The summed E-state index contributed by atoms with van der Waals surface area (Å²) in [6, 6.07) is 20.1. The van der Waals surface area contributed by atoms with Crippen molar-refractivity contribution in [1.82, 2.24) is 9.62 Å². The highest BCUT2D eigenvalue weighted by atomic mass is 32.2. The average Bonchev–Trinajstić information content (AvgIpc) is 2.78. The van der Waals surface area contributed by atoms with Crippen LogP contribution in [0.2, 0.25) is 0 Å². The largest absolute Gasteiger partial charge is 0.379 e. The maximum atomic E-state index is 12.7. The van der Waals surface area contributed by atoms with Crippen LogP contribution < -0.4 is 5.32 Å². The second-order valence-corrected chi connectivity index (χ2v) is 8.80. The maximum absolute atomic E-state index is 12.7. The lowest BCUT2D eigenvalue weighted by Gasteiger charge is -2.26. The fourth-order valence-corrected chi connectivity index (χ4v) is 4.85. The number of nitrogens with one attached hydrogen (secondary N) is 1. The van der Waals surface area contributed by atoms with E-state index in [1.807, 2.05) is 42.5 Å². The van der Waals surface area contributed by atoms with Gasteiger partial charge in [-0.05, 0) is 40.6 Å². The van der Waals surface area contributed by atoms with Crippen molar-refractivity contribution in [1.29, 1.82) is 0 Å². The molecule has 3 aromatic rings. The van der Waals surface area contributed by atoms with Gasteiger partial charge in [-0.3, -0.25) is 4.79 Å². The highest BCUT2D eigenvalue weighted by Gasteiger charge is 2.26. The number of sulfonamides is 1. The van der Waals surface area contributed by atoms with Gasteiger partial charge in [0.1, 0.15) is 0 Å². The number of benzene rings is 3. The first-order valence-electron chi connectivity index (χ1n) is 9.48. The van der Waals surface area contributed by atoms with Crippen LogP contribution >= 0.6 is 0 Å². The van der Waals surface area contributed by atoms with Crippen molar-refractivity contribution in [2.45, 2.75) is 11.4 Å². The molecule has 0 unspecified atom stereocenters. The van der Waals surface area contributed by atoms with E-state index in [-0.39, 0.29) is 10.8 Å². The van der Waals surface area contributed by atoms with Crippen molar-refractivity contribution >= 4 is 26.7 Å². The molecular weight excluding hydrogens is 388 g/mol. The van der Waals surface area contributed by atoms with E-state index in [2.05, 4.69) is 5.32 Å². The number of carbonyl (C=O) groups excluding carboxylic acids is 1. The number of hydrogen-bond donors (Lipinski definition) is 1. The third-order valence-electron chi connectivity index (χ3n) is 5.04. The van der Waals surface area contributed by atoms with E-state index in [9.17, 15) is 13.2 Å². The Kier molecular flexibility index (Phi) is 5.62. The standard InChI is InChI=1S/C22H22N2O4S/c25-22(23-16-19-6-3-5-17-4-1-2-7-21(17)19)18-8-10-20(11-9-18)29(26,27)24-12-14-28-15-13-24/h1-11H,12-16H2,(H,23,25). The zero-order chi connectivity index (χ0) is 20.3. The van der Waals surface area contributed by atoms with Crippen LogP contribution in [0, 0.1) is 0 Å². The van der Waals surface area contributed by atoms with Crippen LogP contribution in [-0.2, 0) is 21.3 Å². The summed E-state index contributed by atoms with van der Waals surface area (Å²) in [5.41, 5.74) is 1.45. The van der Waals surface area contributed by atoms with Gasteiger partial charge in [-0.25, -0.2) is 8.42 Å². The summed E-state index contributed by atoms with van der Waals surface area (Å²) in [6.07, 6.45) is 0. The van der Waals surface area contributed by atoms with Crippen LogP contribution in [0.1, 0.15) is 15.9 Å². The van der Waals surface area contributed by atoms with E-state index < -0.39 is 10.0 Å². The summed E-state index contributed by atoms with van der Waals surface area (Å²) in [7, 11) is -3.56. The van der Waals surface area contributed by atoms with Gasteiger partial charge in [0, 0.05) is 25.2 Å². The fraction of sp³-hybridized carbons (Fsp3) is 0.227. The molecule has 1 N–H and O–H groups in total.